The van der Waals surface area contributed by atoms with Crippen LogP contribution in [0.1, 0.15) is 16.8 Å². The third kappa shape index (κ3) is 4.53. The molecule has 0 radical (unpaired) electrons. The van der Waals surface area contributed by atoms with Crippen LogP contribution in [0.3, 0.4) is 0 Å². The maximum atomic E-state index is 12.1. The summed E-state index contributed by atoms with van der Waals surface area (Å²) in [5.41, 5.74) is 1.36. The zero-order valence-corrected chi connectivity index (χ0v) is 14.4. The summed E-state index contributed by atoms with van der Waals surface area (Å²) in [4.78, 5) is 12.1. The highest BCUT2D eigenvalue weighted by molar-refractivity contribution is 6.32. The van der Waals surface area contributed by atoms with Crippen molar-refractivity contribution in [3.05, 3.63) is 52.0 Å². The van der Waals surface area contributed by atoms with E-state index in [1.165, 1.54) is 0 Å². The number of carbonyl (C=O) groups excluding carboxylic acids is 1. The van der Waals surface area contributed by atoms with E-state index >= 15 is 0 Å². The fraction of sp³-hybridized carbons (Fsp3) is 0.235. The van der Waals surface area contributed by atoms with Crippen molar-refractivity contribution < 1.29 is 14.3 Å². The highest BCUT2D eigenvalue weighted by atomic mass is 35.5. The molecular formula is C17H17Cl2NO3. The van der Waals surface area contributed by atoms with Crippen molar-refractivity contribution in [1.29, 1.82) is 0 Å². The zero-order chi connectivity index (χ0) is 16.8. The topological polar surface area (TPSA) is 47.6 Å². The molecular weight excluding hydrogens is 337 g/mol. The van der Waals surface area contributed by atoms with Crippen LogP contribution in [0.15, 0.2) is 36.4 Å². The second-order valence-corrected chi connectivity index (χ2v) is 5.64. The quantitative estimate of drug-likeness (QED) is 0.733. The van der Waals surface area contributed by atoms with E-state index in [4.69, 9.17) is 32.7 Å². The van der Waals surface area contributed by atoms with Gasteiger partial charge in [-0.25, -0.2) is 0 Å². The molecule has 0 atom stereocenters. The molecule has 0 aliphatic rings. The van der Waals surface area contributed by atoms with Crippen LogP contribution in [0.5, 0.6) is 11.5 Å². The number of benzene rings is 2. The molecule has 0 saturated heterocycles. The molecule has 0 fully saturated rings. The van der Waals surface area contributed by atoms with Crippen molar-refractivity contribution in [2.24, 2.45) is 0 Å². The summed E-state index contributed by atoms with van der Waals surface area (Å²) in [5, 5.41) is 4.24. The lowest BCUT2D eigenvalue weighted by atomic mass is 10.1. The lowest BCUT2D eigenvalue weighted by Crippen LogP contribution is -2.09. The van der Waals surface area contributed by atoms with Gasteiger partial charge in [-0.2, -0.15) is 0 Å². The molecule has 23 heavy (non-hydrogen) atoms. The highest BCUT2D eigenvalue weighted by Gasteiger charge is 2.11. The van der Waals surface area contributed by atoms with Crippen LogP contribution >= 0.6 is 23.2 Å². The summed E-state index contributed by atoms with van der Waals surface area (Å²) >= 11 is 11.9. The lowest BCUT2D eigenvalue weighted by Gasteiger charge is -2.13. The highest BCUT2D eigenvalue weighted by Crippen LogP contribution is 2.35. The molecule has 0 aliphatic carbocycles. The third-order valence-corrected chi connectivity index (χ3v) is 3.85. The second-order valence-electron chi connectivity index (χ2n) is 4.79. The van der Waals surface area contributed by atoms with Gasteiger partial charge in [0.25, 0.3) is 0 Å². The predicted octanol–water partition coefficient (Wildman–Crippen LogP) is 4.70. The van der Waals surface area contributed by atoms with Gasteiger partial charge in [0.05, 0.1) is 24.9 Å². The number of hydrogen-bond acceptors (Lipinski definition) is 4. The number of ketones is 1. The largest absolute Gasteiger partial charge is 0.495 e. The fourth-order valence-electron chi connectivity index (χ4n) is 2.09. The Balaban J connectivity index is 2.00. The number of nitrogens with one attached hydrogen (secondary N) is 1. The van der Waals surface area contributed by atoms with Crippen LogP contribution in [0, 0.1) is 0 Å². The average molecular weight is 354 g/mol. The Bertz CT molecular complexity index is 687. The van der Waals surface area contributed by atoms with E-state index in [1.807, 2.05) is 0 Å². The van der Waals surface area contributed by atoms with E-state index in [-0.39, 0.29) is 5.78 Å². The first-order valence-corrected chi connectivity index (χ1v) is 7.75. The third-order valence-electron chi connectivity index (χ3n) is 3.31. The van der Waals surface area contributed by atoms with Gasteiger partial charge in [-0.15, -0.1) is 0 Å². The van der Waals surface area contributed by atoms with Crippen molar-refractivity contribution in [1.82, 2.24) is 0 Å². The first kappa shape index (κ1) is 17.4. The predicted molar refractivity (Wildman–Crippen MR) is 93.4 cm³/mol. The van der Waals surface area contributed by atoms with Crippen LogP contribution in [0.25, 0.3) is 0 Å². The molecule has 0 bridgehead atoms. The number of hydrogen-bond donors (Lipinski definition) is 1. The number of rotatable bonds is 7. The Labute approximate surface area is 145 Å². The van der Waals surface area contributed by atoms with E-state index in [0.29, 0.717) is 40.1 Å². The minimum absolute atomic E-state index is 0.0362. The number of carbonyl (C=O) groups is 1. The summed E-state index contributed by atoms with van der Waals surface area (Å²) in [6.45, 7) is 0.461. The molecule has 4 nitrogen and oxygen atoms in total. The summed E-state index contributed by atoms with van der Waals surface area (Å²) in [6.07, 6.45) is 0.343. The van der Waals surface area contributed by atoms with E-state index in [1.54, 1.807) is 50.6 Å². The van der Waals surface area contributed by atoms with Crippen molar-refractivity contribution in [3.63, 3.8) is 0 Å². The Hall–Kier alpha value is -1.91. The number of halogens is 2. The first-order valence-electron chi connectivity index (χ1n) is 6.99. The van der Waals surface area contributed by atoms with Gasteiger partial charge in [0.2, 0.25) is 0 Å². The van der Waals surface area contributed by atoms with Gasteiger partial charge in [-0.3, -0.25) is 4.79 Å². The van der Waals surface area contributed by atoms with Crippen molar-refractivity contribution in [2.75, 3.05) is 26.1 Å². The van der Waals surface area contributed by atoms with Gasteiger partial charge in [-0.05, 0) is 24.3 Å². The average Bonchev–Trinajstić information content (AvgIpc) is 2.56. The number of anilines is 1. The molecule has 6 heteroatoms. The minimum Gasteiger partial charge on any atom is -0.495 e. The van der Waals surface area contributed by atoms with Gasteiger partial charge in [0.15, 0.2) is 5.78 Å². The molecule has 2 rings (SSSR count). The Morgan fingerprint density at radius 1 is 1.04 bits per heavy atom. The molecule has 0 amide bonds. The molecule has 0 spiro atoms. The smallest absolute Gasteiger partial charge is 0.164 e. The monoisotopic (exact) mass is 353 g/mol. The molecule has 2 aromatic rings. The molecule has 2 aromatic carbocycles. The number of Topliss-reactive ketones (excluding diaryl/α,β-unsaturated/α-hetero) is 1. The molecule has 0 saturated carbocycles. The van der Waals surface area contributed by atoms with Gasteiger partial charge < -0.3 is 14.8 Å². The van der Waals surface area contributed by atoms with E-state index < -0.39 is 0 Å². The van der Waals surface area contributed by atoms with Crippen LogP contribution in [0.2, 0.25) is 10.0 Å². The maximum absolute atomic E-state index is 12.1. The van der Waals surface area contributed by atoms with E-state index in [0.717, 1.165) is 5.69 Å². The lowest BCUT2D eigenvalue weighted by molar-refractivity contribution is 0.0986. The maximum Gasteiger partial charge on any atom is 0.164 e. The summed E-state index contributed by atoms with van der Waals surface area (Å²) in [5.74, 6) is 1.17. The summed E-state index contributed by atoms with van der Waals surface area (Å²) in [7, 11) is 3.10. The van der Waals surface area contributed by atoms with E-state index in [2.05, 4.69) is 5.32 Å². The Morgan fingerprint density at radius 3 is 2.30 bits per heavy atom. The van der Waals surface area contributed by atoms with Crippen LogP contribution in [-0.4, -0.2) is 26.5 Å². The fourth-order valence-corrected chi connectivity index (χ4v) is 2.45. The molecule has 122 valence electrons. The Kier molecular flexibility index (Phi) is 6.13. The summed E-state index contributed by atoms with van der Waals surface area (Å²) in [6, 6.07) is 10.3. The van der Waals surface area contributed by atoms with Gasteiger partial charge in [0, 0.05) is 35.7 Å². The SMILES string of the molecule is COc1cc(NCCC(=O)c2ccc(Cl)cc2)c(OC)cc1Cl. The van der Waals surface area contributed by atoms with Gasteiger partial charge >= 0.3 is 0 Å². The second kappa shape index (κ2) is 8.09. The number of methoxy groups -OCH3 is 2. The van der Waals surface area contributed by atoms with Crippen molar-refractivity contribution in [2.45, 2.75) is 6.42 Å². The molecule has 0 aliphatic heterocycles. The van der Waals surface area contributed by atoms with Crippen LogP contribution in [0.4, 0.5) is 5.69 Å². The first-order chi connectivity index (χ1) is 11.0. The molecule has 0 aromatic heterocycles. The van der Waals surface area contributed by atoms with Crippen LogP contribution < -0.4 is 14.8 Å². The van der Waals surface area contributed by atoms with Gasteiger partial charge in [0.1, 0.15) is 11.5 Å². The molecule has 0 unspecified atom stereocenters. The minimum atomic E-state index is 0.0362. The summed E-state index contributed by atoms with van der Waals surface area (Å²) < 4.78 is 10.5. The van der Waals surface area contributed by atoms with Crippen LogP contribution in [-0.2, 0) is 0 Å². The standard InChI is InChI=1S/C17H17Cl2NO3/c1-22-16-10-14(17(23-2)9-13(16)19)20-8-7-15(21)11-3-5-12(18)6-4-11/h3-6,9-10,20H,7-8H2,1-2H3. The normalized spacial score (nSPS) is 10.3. The molecule has 0 heterocycles. The zero-order valence-electron chi connectivity index (χ0n) is 12.9. The number of ether oxygens (including phenoxy) is 2. The molecule has 1 N–H and O–H groups in total. The van der Waals surface area contributed by atoms with Gasteiger partial charge in [-0.1, -0.05) is 23.2 Å². The van der Waals surface area contributed by atoms with Crippen molar-refractivity contribution >= 4 is 34.7 Å². The Morgan fingerprint density at radius 2 is 1.70 bits per heavy atom. The van der Waals surface area contributed by atoms with E-state index in [9.17, 15) is 4.79 Å². The van der Waals surface area contributed by atoms with Crippen molar-refractivity contribution in [3.8, 4) is 11.5 Å².